The number of rotatable bonds is 3. The Morgan fingerprint density at radius 1 is 1.33 bits per heavy atom. The van der Waals surface area contributed by atoms with Gasteiger partial charge in [0.2, 0.25) is 0 Å². The van der Waals surface area contributed by atoms with Gasteiger partial charge in [-0.15, -0.1) is 0 Å². The van der Waals surface area contributed by atoms with Gasteiger partial charge in [-0.1, -0.05) is 11.2 Å². The molecular weight excluding hydrogens is 190 g/mol. The summed E-state index contributed by atoms with van der Waals surface area (Å²) in [6.45, 7) is 6.39. The van der Waals surface area contributed by atoms with Crippen molar-refractivity contribution in [1.29, 1.82) is 0 Å². The Kier molecular flexibility index (Phi) is 3.58. The van der Waals surface area contributed by atoms with Crippen LogP contribution in [0.1, 0.15) is 22.3 Å². The van der Waals surface area contributed by atoms with Crippen LogP contribution in [0.3, 0.4) is 0 Å². The SMILES string of the molecule is COc1c(C)c(C)cc(C)c1CN=[N+]=[N-]. The zero-order valence-electron chi connectivity index (χ0n) is 9.53. The van der Waals surface area contributed by atoms with Crippen LogP contribution in [0.25, 0.3) is 10.4 Å². The van der Waals surface area contributed by atoms with Crippen LogP contribution in [0, 0.1) is 20.8 Å². The summed E-state index contributed by atoms with van der Waals surface area (Å²) in [6.07, 6.45) is 0. The fourth-order valence-corrected chi connectivity index (χ4v) is 1.68. The summed E-state index contributed by atoms with van der Waals surface area (Å²) in [7, 11) is 1.64. The van der Waals surface area contributed by atoms with Crippen LogP contribution in [0.5, 0.6) is 5.75 Å². The molecule has 0 amide bonds. The maximum absolute atomic E-state index is 8.32. The standard InChI is InChI=1S/C11H15N3O/c1-7-5-8(2)10(6-13-14-12)11(15-4)9(7)3/h5H,6H2,1-4H3. The van der Waals surface area contributed by atoms with Crippen LogP contribution >= 0.6 is 0 Å². The Labute approximate surface area is 89.5 Å². The van der Waals surface area contributed by atoms with Crippen LogP contribution in [0.2, 0.25) is 0 Å². The molecule has 0 atom stereocenters. The second-order valence-corrected chi connectivity index (χ2v) is 3.54. The van der Waals surface area contributed by atoms with Gasteiger partial charge >= 0.3 is 0 Å². The van der Waals surface area contributed by atoms with Crippen LogP contribution < -0.4 is 4.74 Å². The molecule has 0 saturated heterocycles. The van der Waals surface area contributed by atoms with Crippen LogP contribution in [-0.4, -0.2) is 7.11 Å². The first-order valence-corrected chi connectivity index (χ1v) is 4.76. The highest BCUT2D eigenvalue weighted by Crippen LogP contribution is 2.29. The molecule has 0 bridgehead atoms. The van der Waals surface area contributed by atoms with E-state index in [9.17, 15) is 0 Å². The predicted octanol–water partition coefficient (Wildman–Crippen LogP) is 3.43. The second-order valence-electron chi connectivity index (χ2n) is 3.54. The number of methoxy groups -OCH3 is 1. The van der Waals surface area contributed by atoms with Gasteiger partial charge in [-0.25, -0.2) is 0 Å². The Morgan fingerprint density at radius 3 is 2.53 bits per heavy atom. The molecule has 0 radical (unpaired) electrons. The number of nitrogens with zero attached hydrogens (tertiary/aromatic N) is 3. The van der Waals surface area contributed by atoms with Gasteiger partial charge in [-0.2, -0.15) is 0 Å². The lowest BCUT2D eigenvalue weighted by Gasteiger charge is -2.14. The molecule has 0 unspecified atom stereocenters. The third-order valence-corrected chi connectivity index (χ3v) is 2.61. The Hall–Kier alpha value is -1.67. The molecule has 1 rings (SSSR count). The van der Waals surface area contributed by atoms with Crippen molar-refractivity contribution >= 4 is 0 Å². The van der Waals surface area contributed by atoms with Crippen LogP contribution in [0.15, 0.2) is 11.2 Å². The average Bonchev–Trinajstić information content (AvgIpc) is 2.21. The fourth-order valence-electron chi connectivity index (χ4n) is 1.68. The van der Waals surface area contributed by atoms with Crippen molar-refractivity contribution in [2.24, 2.45) is 5.11 Å². The lowest BCUT2D eigenvalue weighted by Crippen LogP contribution is -1.99. The quantitative estimate of drug-likeness (QED) is 0.423. The van der Waals surface area contributed by atoms with Gasteiger partial charge in [0.15, 0.2) is 0 Å². The van der Waals surface area contributed by atoms with E-state index in [0.717, 1.165) is 22.4 Å². The number of benzene rings is 1. The first-order chi connectivity index (χ1) is 7.11. The van der Waals surface area contributed by atoms with Crippen molar-refractivity contribution in [3.8, 4) is 5.75 Å². The topological polar surface area (TPSA) is 58.0 Å². The predicted molar refractivity (Wildman–Crippen MR) is 60.1 cm³/mol. The molecular formula is C11H15N3O. The maximum Gasteiger partial charge on any atom is 0.125 e. The highest BCUT2D eigenvalue weighted by molar-refractivity contribution is 5.49. The van der Waals surface area contributed by atoms with Crippen molar-refractivity contribution in [2.75, 3.05) is 7.11 Å². The molecule has 0 aliphatic carbocycles. The van der Waals surface area contributed by atoms with Gasteiger partial charge < -0.3 is 4.74 Å². The molecule has 0 aromatic heterocycles. The van der Waals surface area contributed by atoms with Gasteiger partial charge in [0.25, 0.3) is 0 Å². The van der Waals surface area contributed by atoms with Gasteiger partial charge in [0.05, 0.1) is 13.7 Å². The number of aryl methyl sites for hydroxylation is 2. The van der Waals surface area contributed by atoms with E-state index in [2.05, 4.69) is 16.1 Å². The van der Waals surface area contributed by atoms with Crippen LogP contribution in [0.4, 0.5) is 0 Å². The number of azide groups is 1. The number of hydrogen-bond donors (Lipinski definition) is 0. The summed E-state index contributed by atoms with van der Waals surface area (Å²) in [4.78, 5) is 2.77. The highest BCUT2D eigenvalue weighted by atomic mass is 16.5. The first kappa shape index (κ1) is 11.4. The maximum atomic E-state index is 8.32. The molecule has 1 aromatic carbocycles. The highest BCUT2D eigenvalue weighted by Gasteiger charge is 2.10. The molecule has 4 nitrogen and oxygen atoms in total. The lowest BCUT2D eigenvalue weighted by atomic mass is 9.99. The molecule has 0 spiro atoms. The second kappa shape index (κ2) is 4.71. The molecule has 0 aliphatic rings. The summed E-state index contributed by atoms with van der Waals surface area (Å²) < 4.78 is 5.35. The average molecular weight is 205 g/mol. The third kappa shape index (κ3) is 2.22. The zero-order valence-corrected chi connectivity index (χ0v) is 9.53. The summed E-state index contributed by atoms with van der Waals surface area (Å²) in [5.41, 5.74) is 12.7. The Balaban J connectivity index is 3.34. The van der Waals surface area contributed by atoms with E-state index in [0.29, 0.717) is 6.54 Å². The normalized spacial score (nSPS) is 9.60. The minimum atomic E-state index is 0.340. The molecule has 4 heteroatoms. The monoisotopic (exact) mass is 205 g/mol. The van der Waals surface area contributed by atoms with E-state index < -0.39 is 0 Å². The fraction of sp³-hybridized carbons (Fsp3) is 0.455. The van der Waals surface area contributed by atoms with Crippen molar-refractivity contribution in [2.45, 2.75) is 27.3 Å². The molecule has 0 heterocycles. The van der Waals surface area contributed by atoms with Crippen LogP contribution in [-0.2, 0) is 6.54 Å². The van der Waals surface area contributed by atoms with Crippen molar-refractivity contribution < 1.29 is 4.74 Å². The van der Waals surface area contributed by atoms with E-state index in [1.807, 2.05) is 20.8 Å². The largest absolute Gasteiger partial charge is 0.496 e. The Bertz CT molecular complexity index is 420. The molecule has 0 fully saturated rings. The third-order valence-electron chi connectivity index (χ3n) is 2.61. The molecule has 0 saturated carbocycles. The van der Waals surface area contributed by atoms with Gasteiger partial charge in [0, 0.05) is 10.5 Å². The van der Waals surface area contributed by atoms with Crippen molar-refractivity contribution in [3.05, 3.63) is 38.8 Å². The van der Waals surface area contributed by atoms with Crippen molar-refractivity contribution in [1.82, 2.24) is 0 Å². The molecule has 0 N–H and O–H groups in total. The Morgan fingerprint density at radius 2 is 2.00 bits per heavy atom. The van der Waals surface area contributed by atoms with E-state index in [1.54, 1.807) is 7.11 Å². The minimum Gasteiger partial charge on any atom is -0.496 e. The van der Waals surface area contributed by atoms with E-state index in [4.69, 9.17) is 10.3 Å². The molecule has 15 heavy (non-hydrogen) atoms. The molecule has 80 valence electrons. The summed E-state index contributed by atoms with van der Waals surface area (Å²) >= 11 is 0. The summed E-state index contributed by atoms with van der Waals surface area (Å²) in [5.74, 6) is 0.833. The summed E-state index contributed by atoms with van der Waals surface area (Å²) in [6, 6.07) is 2.08. The van der Waals surface area contributed by atoms with E-state index >= 15 is 0 Å². The smallest absolute Gasteiger partial charge is 0.125 e. The number of ether oxygens (including phenoxy) is 1. The van der Waals surface area contributed by atoms with E-state index in [-0.39, 0.29) is 0 Å². The van der Waals surface area contributed by atoms with E-state index in [1.165, 1.54) is 5.56 Å². The minimum absolute atomic E-state index is 0.340. The summed E-state index contributed by atoms with van der Waals surface area (Å²) in [5, 5.41) is 3.58. The zero-order chi connectivity index (χ0) is 11.4. The van der Waals surface area contributed by atoms with Gasteiger partial charge in [-0.05, 0) is 43.0 Å². The first-order valence-electron chi connectivity index (χ1n) is 4.76. The lowest BCUT2D eigenvalue weighted by molar-refractivity contribution is 0.406. The number of hydrogen-bond acceptors (Lipinski definition) is 2. The van der Waals surface area contributed by atoms with Crippen molar-refractivity contribution in [3.63, 3.8) is 0 Å². The molecule has 0 aliphatic heterocycles. The van der Waals surface area contributed by atoms with Gasteiger partial charge in [0.1, 0.15) is 5.75 Å². The molecule has 1 aromatic rings. The van der Waals surface area contributed by atoms with Gasteiger partial charge in [-0.3, -0.25) is 0 Å².